The SMILES string of the molecule is CC1(C)CC(=O)c2sc(NC(=O)CCC(=O)N(CCC#N)c3ccccc3)nc2C1. The van der Waals surface area contributed by atoms with E-state index >= 15 is 0 Å². The van der Waals surface area contributed by atoms with Crippen LogP contribution < -0.4 is 10.2 Å². The van der Waals surface area contributed by atoms with Gasteiger partial charge in [0.15, 0.2) is 10.9 Å². The third-order valence-electron chi connectivity index (χ3n) is 4.86. The van der Waals surface area contributed by atoms with Crippen molar-refractivity contribution in [1.82, 2.24) is 4.98 Å². The lowest BCUT2D eigenvalue weighted by molar-refractivity contribution is -0.122. The van der Waals surface area contributed by atoms with Crippen molar-refractivity contribution >= 4 is 39.8 Å². The molecule has 0 unspecified atom stereocenters. The zero-order valence-corrected chi connectivity index (χ0v) is 17.9. The Labute approximate surface area is 179 Å². The van der Waals surface area contributed by atoms with Gasteiger partial charge in [0.1, 0.15) is 0 Å². The maximum Gasteiger partial charge on any atom is 0.227 e. The molecule has 0 bridgehead atoms. The van der Waals surface area contributed by atoms with E-state index in [-0.39, 0.29) is 48.8 Å². The topological polar surface area (TPSA) is 103 Å². The molecule has 2 aromatic rings. The van der Waals surface area contributed by atoms with E-state index < -0.39 is 0 Å². The molecule has 0 radical (unpaired) electrons. The quantitative estimate of drug-likeness (QED) is 0.724. The van der Waals surface area contributed by atoms with Crippen molar-refractivity contribution in [2.75, 3.05) is 16.8 Å². The number of nitrogens with one attached hydrogen (secondary N) is 1. The highest BCUT2D eigenvalue weighted by Gasteiger charge is 2.34. The number of aromatic nitrogens is 1. The Morgan fingerprint density at radius 2 is 1.97 bits per heavy atom. The summed E-state index contributed by atoms with van der Waals surface area (Å²) >= 11 is 1.20. The number of amides is 2. The van der Waals surface area contributed by atoms with Crippen LogP contribution >= 0.6 is 11.3 Å². The molecule has 30 heavy (non-hydrogen) atoms. The van der Waals surface area contributed by atoms with Gasteiger partial charge in [-0.2, -0.15) is 5.26 Å². The number of thiazole rings is 1. The number of benzene rings is 1. The fourth-order valence-electron chi connectivity index (χ4n) is 3.48. The van der Waals surface area contributed by atoms with E-state index in [2.05, 4.69) is 10.3 Å². The van der Waals surface area contributed by atoms with E-state index in [0.29, 0.717) is 28.5 Å². The molecule has 2 amide bonds. The van der Waals surface area contributed by atoms with Crippen molar-refractivity contribution in [2.24, 2.45) is 5.41 Å². The molecule has 1 aromatic heterocycles. The minimum Gasteiger partial charge on any atom is -0.311 e. The highest BCUT2D eigenvalue weighted by Crippen LogP contribution is 2.38. The molecule has 1 aliphatic carbocycles. The highest BCUT2D eigenvalue weighted by atomic mass is 32.1. The molecule has 1 aliphatic rings. The van der Waals surface area contributed by atoms with E-state index in [1.165, 1.54) is 16.2 Å². The summed E-state index contributed by atoms with van der Waals surface area (Å²) in [5, 5.41) is 12.0. The number of ketones is 1. The fraction of sp³-hybridized carbons (Fsp3) is 0.409. The standard InChI is InChI=1S/C22H24N4O3S/c1-22(2)13-16-20(17(27)14-22)30-21(24-16)25-18(28)9-10-19(29)26(12-6-11-23)15-7-4-3-5-8-15/h3-5,7-8H,6,9-10,12-14H2,1-2H3,(H,24,25,28). The third kappa shape index (κ3) is 5.30. The predicted octanol–water partition coefficient (Wildman–Crippen LogP) is 3.96. The molecule has 0 atom stereocenters. The van der Waals surface area contributed by atoms with Crippen LogP contribution in [-0.4, -0.2) is 29.1 Å². The Hall–Kier alpha value is -3.05. The number of Topliss-reactive ketones (excluding diaryl/α,β-unsaturated/α-hetero) is 1. The second-order valence-electron chi connectivity index (χ2n) is 8.07. The van der Waals surface area contributed by atoms with Crippen LogP contribution in [0.1, 0.15) is 54.9 Å². The summed E-state index contributed by atoms with van der Waals surface area (Å²) < 4.78 is 0. The number of carbonyl (C=O) groups excluding carboxylic acids is 3. The molecule has 7 nitrogen and oxygen atoms in total. The van der Waals surface area contributed by atoms with Crippen molar-refractivity contribution in [3.63, 3.8) is 0 Å². The van der Waals surface area contributed by atoms with Crippen LogP contribution in [0.5, 0.6) is 0 Å². The summed E-state index contributed by atoms with van der Waals surface area (Å²) in [5.74, 6) is -0.484. The second-order valence-corrected chi connectivity index (χ2v) is 9.07. The smallest absolute Gasteiger partial charge is 0.227 e. The highest BCUT2D eigenvalue weighted by molar-refractivity contribution is 7.17. The Balaban J connectivity index is 1.59. The minimum absolute atomic E-state index is 0.00158. The first-order valence-electron chi connectivity index (χ1n) is 9.84. The number of hydrogen-bond acceptors (Lipinski definition) is 6. The molecule has 0 saturated carbocycles. The van der Waals surface area contributed by atoms with Gasteiger partial charge in [0.05, 0.1) is 23.1 Å². The third-order valence-corrected chi connectivity index (χ3v) is 5.92. The van der Waals surface area contributed by atoms with Crippen molar-refractivity contribution in [3.05, 3.63) is 40.9 Å². The summed E-state index contributed by atoms with van der Waals surface area (Å²) in [5.41, 5.74) is 1.31. The molecule has 0 spiro atoms. The Morgan fingerprint density at radius 3 is 2.67 bits per heavy atom. The zero-order chi connectivity index (χ0) is 21.7. The number of carbonyl (C=O) groups is 3. The molecule has 156 valence electrons. The lowest BCUT2D eigenvalue weighted by Gasteiger charge is -2.26. The molecule has 1 heterocycles. The number of nitrogens with zero attached hydrogens (tertiary/aromatic N) is 3. The van der Waals surface area contributed by atoms with Crippen LogP contribution in [0.25, 0.3) is 0 Å². The van der Waals surface area contributed by atoms with Crippen LogP contribution in [0.4, 0.5) is 10.8 Å². The normalized spacial score (nSPS) is 14.5. The number of nitriles is 1. The molecule has 0 fully saturated rings. The first-order chi connectivity index (χ1) is 14.3. The summed E-state index contributed by atoms with van der Waals surface area (Å²) in [7, 11) is 0. The van der Waals surface area contributed by atoms with Crippen LogP contribution in [0.15, 0.2) is 30.3 Å². The minimum atomic E-state index is -0.325. The van der Waals surface area contributed by atoms with Crippen molar-refractivity contribution < 1.29 is 14.4 Å². The van der Waals surface area contributed by atoms with E-state index in [1.54, 1.807) is 12.1 Å². The van der Waals surface area contributed by atoms with Gasteiger partial charge < -0.3 is 10.2 Å². The van der Waals surface area contributed by atoms with Gasteiger partial charge in [0, 0.05) is 31.5 Å². The summed E-state index contributed by atoms with van der Waals surface area (Å²) in [6.07, 6.45) is 1.40. The van der Waals surface area contributed by atoms with Crippen molar-refractivity contribution in [2.45, 2.75) is 46.0 Å². The average molecular weight is 425 g/mol. The molecule has 0 aliphatic heterocycles. The van der Waals surface area contributed by atoms with E-state index in [1.807, 2.05) is 38.1 Å². The molecule has 3 rings (SSSR count). The van der Waals surface area contributed by atoms with E-state index in [0.717, 1.165) is 5.69 Å². The molecule has 8 heteroatoms. The molecule has 1 aromatic carbocycles. The molecule has 0 saturated heterocycles. The molecule has 1 N–H and O–H groups in total. The van der Waals surface area contributed by atoms with Crippen LogP contribution in [0, 0.1) is 16.7 Å². The van der Waals surface area contributed by atoms with Crippen LogP contribution in [0.2, 0.25) is 0 Å². The maximum atomic E-state index is 12.7. The van der Waals surface area contributed by atoms with Gasteiger partial charge in [-0.1, -0.05) is 43.4 Å². The number of para-hydroxylation sites is 1. The van der Waals surface area contributed by atoms with Gasteiger partial charge in [-0.3, -0.25) is 14.4 Å². The zero-order valence-electron chi connectivity index (χ0n) is 17.1. The van der Waals surface area contributed by atoms with Gasteiger partial charge in [0.2, 0.25) is 11.8 Å². The Morgan fingerprint density at radius 1 is 1.23 bits per heavy atom. The Bertz CT molecular complexity index is 992. The lowest BCUT2D eigenvalue weighted by Crippen LogP contribution is -2.32. The number of fused-ring (bicyclic) bond motifs is 1. The monoisotopic (exact) mass is 424 g/mol. The number of rotatable bonds is 7. The molecular weight excluding hydrogens is 400 g/mol. The van der Waals surface area contributed by atoms with Crippen molar-refractivity contribution in [3.8, 4) is 6.07 Å². The van der Waals surface area contributed by atoms with Crippen molar-refractivity contribution in [1.29, 1.82) is 5.26 Å². The van der Waals surface area contributed by atoms with Gasteiger partial charge in [0.25, 0.3) is 0 Å². The largest absolute Gasteiger partial charge is 0.311 e. The van der Waals surface area contributed by atoms with Crippen LogP contribution in [-0.2, 0) is 16.0 Å². The Kier molecular flexibility index (Phi) is 6.63. The average Bonchev–Trinajstić information content (AvgIpc) is 3.08. The van der Waals surface area contributed by atoms with E-state index in [9.17, 15) is 14.4 Å². The predicted molar refractivity (Wildman–Crippen MR) is 115 cm³/mol. The lowest BCUT2D eigenvalue weighted by atomic mass is 9.78. The summed E-state index contributed by atoms with van der Waals surface area (Å²) in [6.45, 7) is 4.34. The van der Waals surface area contributed by atoms with Crippen LogP contribution in [0.3, 0.4) is 0 Å². The second kappa shape index (κ2) is 9.18. The fourth-order valence-corrected chi connectivity index (χ4v) is 4.41. The first kappa shape index (κ1) is 21.7. The van der Waals surface area contributed by atoms with Gasteiger partial charge in [-0.05, 0) is 24.0 Å². The van der Waals surface area contributed by atoms with E-state index in [4.69, 9.17) is 5.26 Å². The summed E-state index contributed by atoms with van der Waals surface area (Å²) in [4.78, 5) is 43.9. The first-order valence-corrected chi connectivity index (χ1v) is 10.7. The van der Waals surface area contributed by atoms with Gasteiger partial charge in [-0.15, -0.1) is 0 Å². The number of hydrogen-bond donors (Lipinski definition) is 1. The van der Waals surface area contributed by atoms with Gasteiger partial charge >= 0.3 is 0 Å². The maximum absolute atomic E-state index is 12.7. The number of anilines is 2. The summed E-state index contributed by atoms with van der Waals surface area (Å²) in [6, 6.07) is 11.1. The van der Waals surface area contributed by atoms with Gasteiger partial charge in [-0.25, -0.2) is 4.98 Å². The molecular formula is C22H24N4O3S.